The molecule has 0 aliphatic heterocycles. The summed E-state index contributed by atoms with van der Waals surface area (Å²) in [4.78, 5) is 14.9. The number of thioether (sulfide) groups is 1. The molecular formula is C26H24FN3O6S2. The number of halogens is 1. The number of pyridine rings is 1. The molecule has 0 amide bonds. The third-order valence-electron chi connectivity index (χ3n) is 5.15. The van der Waals surface area contributed by atoms with Gasteiger partial charge in [0, 0.05) is 16.8 Å². The zero-order chi connectivity index (χ0) is 27.4. The highest BCUT2D eigenvalue weighted by Crippen LogP contribution is 2.39. The van der Waals surface area contributed by atoms with Crippen molar-refractivity contribution in [1.29, 1.82) is 0 Å². The van der Waals surface area contributed by atoms with Gasteiger partial charge >= 0.3 is 5.97 Å². The van der Waals surface area contributed by atoms with E-state index < -0.39 is 21.8 Å². The van der Waals surface area contributed by atoms with Crippen LogP contribution in [0.3, 0.4) is 0 Å². The van der Waals surface area contributed by atoms with Gasteiger partial charge in [-0.1, -0.05) is 0 Å². The summed E-state index contributed by atoms with van der Waals surface area (Å²) in [7, 11) is -4.14. The summed E-state index contributed by atoms with van der Waals surface area (Å²) in [6, 6.07) is 15.6. The lowest BCUT2D eigenvalue weighted by Gasteiger charge is -2.15. The number of aliphatic carboxylic acids is 1. The monoisotopic (exact) mass is 557 g/mol. The van der Waals surface area contributed by atoms with Crippen LogP contribution in [-0.2, 0) is 14.8 Å². The van der Waals surface area contributed by atoms with Crippen LogP contribution in [0.15, 0.2) is 76.7 Å². The number of hydrogen-bond acceptors (Lipinski definition) is 8. The SMILES string of the molecule is CC(C)Oc1ccc(Nc2ccc(S(=O)(=O)Nc3cc(SCC(=O)O)c(O)c4ncc(F)cc34)cc2)cc1. The molecule has 1 heterocycles. The van der Waals surface area contributed by atoms with Gasteiger partial charge in [0.15, 0.2) is 5.75 Å². The number of nitrogens with zero attached hydrogens (tertiary/aromatic N) is 1. The first-order valence-electron chi connectivity index (χ1n) is 11.3. The van der Waals surface area contributed by atoms with Crippen molar-refractivity contribution in [3.8, 4) is 11.5 Å². The summed E-state index contributed by atoms with van der Waals surface area (Å²) in [5, 5.41) is 22.7. The highest BCUT2D eigenvalue weighted by molar-refractivity contribution is 8.00. The van der Waals surface area contributed by atoms with Gasteiger partial charge in [0.25, 0.3) is 10.0 Å². The first-order valence-corrected chi connectivity index (χ1v) is 13.8. The third-order valence-corrected chi connectivity index (χ3v) is 7.55. The van der Waals surface area contributed by atoms with Crippen LogP contribution < -0.4 is 14.8 Å². The first kappa shape index (κ1) is 27.0. The molecule has 0 unspecified atom stereocenters. The molecule has 0 fully saturated rings. The normalized spacial score (nSPS) is 11.5. The second kappa shape index (κ2) is 11.2. The Morgan fingerprint density at radius 2 is 1.71 bits per heavy atom. The number of phenols is 1. The Morgan fingerprint density at radius 3 is 2.32 bits per heavy atom. The molecule has 3 aromatic carbocycles. The molecule has 0 bridgehead atoms. The van der Waals surface area contributed by atoms with E-state index in [0.29, 0.717) is 5.69 Å². The molecule has 0 saturated heterocycles. The standard InChI is InChI=1S/C26H24FN3O6S2/c1-15(2)36-19-7-3-17(4-8-19)29-18-5-9-20(10-6-18)38(34,35)30-22-12-23(37-14-24(31)32)26(33)25-21(22)11-16(27)13-28-25/h3-13,15,29-30,33H,14H2,1-2H3,(H,31,32). The number of carboxylic acid groups (broad SMARTS) is 1. The molecule has 38 heavy (non-hydrogen) atoms. The van der Waals surface area contributed by atoms with Crippen molar-refractivity contribution >= 4 is 55.7 Å². The summed E-state index contributed by atoms with van der Waals surface area (Å²) in [5.41, 5.74) is 1.31. The van der Waals surface area contributed by atoms with Crippen LogP contribution in [0.2, 0.25) is 0 Å². The fraction of sp³-hybridized carbons (Fsp3) is 0.154. The van der Waals surface area contributed by atoms with E-state index in [2.05, 4.69) is 15.0 Å². The maximum Gasteiger partial charge on any atom is 0.313 e. The molecular weight excluding hydrogens is 533 g/mol. The summed E-state index contributed by atoms with van der Waals surface area (Å²) < 4.78 is 48.3. The predicted octanol–water partition coefficient (Wildman–Crippen LogP) is 5.59. The van der Waals surface area contributed by atoms with Gasteiger partial charge in [0.05, 0.1) is 33.5 Å². The van der Waals surface area contributed by atoms with E-state index >= 15 is 0 Å². The lowest BCUT2D eigenvalue weighted by Crippen LogP contribution is -2.13. The average Bonchev–Trinajstić information content (AvgIpc) is 2.86. The number of sulfonamides is 1. The van der Waals surface area contributed by atoms with Gasteiger partial charge in [0.1, 0.15) is 17.1 Å². The molecule has 0 aliphatic carbocycles. The van der Waals surface area contributed by atoms with E-state index in [0.717, 1.165) is 35.5 Å². The third kappa shape index (κ3) is 6.45. The highest BCUT2D eigenvalue weighted by Gasteiger charge is 2.20. The zero-order valence-corrected chi connectivity index (χ0v) is 21.9. The second-order valence-corrected chi connectivity index (χ2v) is 11.1. The van der Waals surface area contributed by atoms with Gasteiger partial charge in [-0.2, -0.15) is 0 Å². The van der Waals surface area contributed by atoms with Gasteiger partial charge in [0.2, 0.25) is 0 Å². The van der Waals surface area contributed by atoms with E-state index in [-0.39, 0.29) is 44.0 Å². The lowest BCUT2D eigenvalue weighted by molar-refractivity contribution is -0.133. The Balaban J connectivity index is 1.58. The minimum absolute atomic E-state index is 0.0222. The Morgan fingerprint density at radius 1 is 1.08 bits per heavy atom. The van der Waals surface area contributed by atoms with Gasteiger partial charge in [-0.3, -0.25) is 9.52 Å². The number of benzene rings is 3. The average molecular weight is 558 g/mol. The van der Waals surface area contributed by atoms with Crippen LogP contribution in [0.4, 0.5) is 21.5 Å². The fourth-order valence-corrected chi connectivity index (χ4v) is 5.32. The Labute approximate surface area is 222 Å². The van der Waals surface area contributed by atoms with E-state index in [1.165, 1.54) is 18.2 Å². The minimum atomic E-state index is -4.14. The van der Waals surface area contributed by atoms with E-state index in [1.807, 2.05) is 38.1 Å². The number of aromatic hydroxyl groups is 1. The molecule has 0 saturated carbocycles. The summed E-state index contributed by atoms with van der Waals surface area (Å²) >= 11 is 0.782. The Bertz CT molecular complexity index is 1580. The molecule has 4 rings (SSSR count). The van der Waals surface area contributed by atoms with Crippen LogP contribution >= 0.6 is 11.8 Å². The van der Waals surface area contributed by atoms with Crippen molar-refractivity contribution in [2.24, 2.45) is 0 Å². The van der Waals surface area contributed by atoms with Crippen LogP contribution in [0.5, 0.6) is 11.5 Å². The topological polar surface area (TPSA) is 138 Å². The van der Waals surface area contributed by atoms with Crippen molar-refractivity contribution in [3.05, 3.63) is 72.7 Å². The lowest BCUT2D eigenvalue weighted by atomic mass is 10.1. The van der Waals surface area contributed by atoms with E-state index in [1.54, 1.807) is 12.1 Å². The minimum Gasteiger partial charge on any atom is -0.505 e. The summed E-state index contributed by atoms with van der Waals surface area (Å²) in [6.45, 7) is 3.88. The molecule has 12 heteroatoms. The van der Waals surface area contributed by atoms with Crippen LogP contribution in [-0.4, -0.2) is 41.4 Å². The Hall–Kier alpha value is -4.03. The smallest absolute Gasteiger partial charge is 0.313 e. The number of fused-ring (bicyclic) bond motifs is 1. The number of anilines is 3. The van der Waals surface area contributed by atoms with Crippen LogP contribution in [0.1, 0.15) is 13.8 Å². The molecule has 1 aromatic heterocycles. The van der Waals surface area contributed by atoms with Gasteiger partial charge in [-0.15, -0.1) is 11.8 Å². The maximum absolute atomic E-state index is 13.9. The largest absolute Gasteiger partial charge is 0.505 e. The van der Waals surface area contributed by atoms with E-state index in [9.17, 15) is 22.7 Å². The number of aromatic nitrogens is 1. The molecule has 4 N–H and O–H groups in total. The van der Waals surface area contributed by atoms with Crippen LogP contribution in [0.25, 0.3) is 10.9 Å². The molecule has 9 nitrogen and oxygen atoms in total. The quantitative estimate of drug-likeness (QED) is 0.145. The first-order chi connectivity index (χ1) is 18.0. The second-order valence-electron chi connectivity index (χ2n) is 8.45. The fourth-order valence-electron chi connectivity index (χ4n) is 3.54. The molecule has 0 spiro atoms. The van der Waals surface area contributed by atoms with Crippen molar-refractivity contribution < 1.29 is 32.6 Å². The van der Waals surface area contributed by atoms with E-state index in [4.69, 9.17) is 9.84 Å². The van der Waals surface area contributed by atoms with Crippen molar-refractivity contribution in [3.63, 3.8) is 0 Å². The molecule has 0 aliphatic rings. The number of carbonyl (C=O) groups is 1. The summed E-state index contributed by atoms with van der Waals surface area (Å²) in [5.74, 6) is -1.87. The number of nitrogens with one attached hydrogen (secondary N) is 2. The van der Waals surface area contributed by atoms with Crippen molar-refractivity contribution in [2.75, 3.05) is 15.8 Å². The number of rotatable bonds is 10. The van der Waals surface area contributed by atoms with Crippen molar-refractivity contribution in [2.45, 2.75) is 29.7 Å². The number of ether oxygens (including phenoxy) is 1. The molecule has 0 radical (unpaired) electrons. The zero-order valence-electron chi connectivity index (χ0n) is 20.3. The number of phenolic OH excluding ortho intramolecular Hbond substituents is 1. The Kier molecular flexibility index (Phi) is 7.93. The van der Waals surface area contributed by atoms with Gasteiger partial charge in [-0.25, -0.2) is 17.8 Å². The maximum atomic E-state index is 13.9. The predicted molar refractivity (Wildman–Crippen MR) is 144 cm³/mol. The van der Waals surface area contributed by atoms with Gasteiger partial charge in [-0.05, 0) is 74.5 Å². The highest BCUT2D eigenvalue weighted by atomic mass is 32.2. The number of hydrogen-bond donors (Lipinski definition) is 4. The van der Waals surface area contributed by atoms with Gasteiger partial charge < -0.3 is 20.3 Å². The molecule has 198 valence electrons. The molecule has 0 atom stereocenters. The number of carboxylic acids is 1. The molecule has 4 aromatic rings. The summed E-state index contributed by atoms with van der Waals surface area (Å²) in [6.07, 6.45) is 0.935. The van der Waals surface area contributed by atoms with Crippen molar-refractivity contribution in [1.82, 2.24) is 4.98 Å². The van der Waals surface area contributed by atoms with Crippen LogP contribution in [0, 0.1) is 5.82 Å².